The van der Waals surface area contributed by atoms with Crippen LogP contribution in [0.3, 0.4) is 0 Å². The van der Waals surface area contributed by atoms with Crippen LogP contribution >= 0.6 is 0 Å². The first-order chi connectivity index (χ1) is 4.72. The molecule has 1 heterocycles. The lowest BCUT2D eigenvalue weighted by Crippen LogP contribution is -2.14. The van der Waals surface area contributed by atoms with Crippen LogP contribution in [-0.4, -0.2) is 15.4 Å². The Morgan fingerprint density at radius 1 is 1.50 bits per heavy atom. The van der Waals surface area contributed by atoms with Crippen LogP contribution in [0.4, 0.5) is 10.2 Å². The van der Waals surface area contributed by atoms with Crippen molar-refractivity contribution < 1.29 is 14.8 Å². The van der Waals surface area contributed by atoms with Gasteiger partial charge < -0.3 is 0 Å². The van der Waals surface area contributed by atoms with E-state index < -0.39 is 11.6 Å². The molecule has 5 heteroatoms. The molecule has 0 saturated heterocycles. The average Bonchev–Trinajstić information content (AvgIpc) is 1.88. The van der Waals surface area contributed by atoms with E-state index >= 15 is 0 Å². The third kappa shape index (κ3) is 1.20. The van der Waals surface area contributed by atoms with E-state index in [1.165, 1.54) is 12.3 Å². The molecule has 0 aliphatic carbocycles. The van der Waals surface area contributed by atoms with Crippen LogP contribution in [0.25, 0.3) is 0 Å². The Balaban J connectivity index is 3.03. The van der Waals surface area contributed by atoms with Crippen LogP contribution in [0.2, 0.25) is 0 Å². The van der Waals surface area contributed by atoms with E-state index in [-0.39, 0.29) is 5.23 Å². The van der Waals surface area contributed by atoms with Gasteiger partial charge in [-0.1, -0.05) is 0 Å². The molecule has 2 N–H and O–H groups in total. The number of pyridine rings is 1. The van der Waals surface area contributed by atoms with Crippen molar-refractivity contribution >= 4 is 5.82 Å². The molecule has 0 unspecified atom stereocenters. The molecule has 0 bridgehead atoms. The van der Waals surface area contributed by atoms with Crippen LogP contribution in [-0.2, 0) is 0 Å². The van der Waals surface area contributed by atoms with Gasteiger partial charge in [0.05, 0.1) is 0 Å². The van der Waals surface area contributed by atoms with Crippen LogP contribution in [0.5, 0.6) is 0 Å². The summed E-state index contributed by atoms with van der Waals surface area (Å²) in [7, 11) is 0. The molecule has 0 spiro atoms. The maximum atomic E-state index is 12.4. The fraction of sp³-hybridized carbons (Fsp3) is 0. The van der Waals surface area contributed by atoms with Crippen LogP contribution in [0, 0.1) is 5.82 Å². The number of aromatic nitrogens is 1. The predicted octanol–water partition coefficient (Wildman–Crippen LogP) is 0.805. The average molecular weight is 144 g/mol. The molecule has 0 amide bonds. The largest absolute Gasteiger partial charge is 0.262 e. The minimum absolute atomic E-state index is 0.366. The van der Waals surface area contributed by atoms with Gasteiger partial charge in [0.1, 0.15) is 0 Å². The first kappa shape index (κ1) is 6.91. The fourth-order valence-corrected chi connectivity index (χ4v) is 0.525. The third-order valence-corrected chi connectivity index (χ3v) is 0.928. The predicted molar refractivity (Wildman–Crippen MR) is 30.2 cm³/mol. The quantitative estimate of drug-likeness (QED) is 0.572. The molecule has 1 rings (SSSR count). The number of anilines is 1. The van der Waals surface area contributed by atoms with Gasteiger partial charge in [-0.15, -0.1) is 5.23 Å². The number of hydrogen-bond acceptors (Lipinski definition) is 4. The van der Waals surface area contributed by atoms with E-state index in [1.54, 1.807) is 0 Å². The molecule has 0 atom stereocenters. The zero-order chi connectivity index (χ0) is 7.56. The molecule has 4 nitrogen and oxygen atoms in total. The van der Waals surface area contributed by atoms with Crippen LogP contribution < -0.4 is 5.23 Å². The highest BCUT2D eigenvalue weighted by Crippen LogP contribution is 2.10. The third-order valence-electron chi connectivity index (χ3n) is 0.928. The summed E-state index contributed by atoms with van der Waals surface area (Å²) in [4.78, 5) is 3.33. The lowest BCUT2D eigenvalue weighted by Gasteiger charge is -2.05. The van der Waals surface area contributed by atoms with Crippen LogP contribution in [0.15, 0.2) is 18.3 Å². The summed E-state index contributed by atoms with van der Waals surface area (Å²) in [6, 6.07) is 2.42. The van der Waals surface area contributed by atoms with E-state index in [9.17, 15) is 4.39 Å². The van der Waals surface area contributed by atoms with E-state index in [1.807, 2.05) is 0 Å². The van der Waals surface area contributed by atoms with Crippen molar-refractivity contribution in [3.8, 4) is 0 Å². The minimum atomic E-state index is -0.785. The van der Waals surface area contributed by atoms with Gasteiger partial charge in [-0.05, 0) is 12.1 Å². The minimum Gasteiger partial charge on any atom is -0.262 e. The van der Waals surface area contributed by atoms with E-state index in [0.717, 1.165) is 6.07 Å². The molecular weight excluding hydrogens is 139 g/mol. The van der Waals surface area contributed by atoms with Crippen molar-refractivity contribution in [1.29, 1.82) is 0 Å². The number of halogens is 1. The van der Waals surface area contributed by atoms with Crippen LogP contribution in [0.1, 0.15) is 0 Å². The summed E-state index contributed by atoms with van der Waals surface area (Å²) >= 11 is 0. The smallest absolute Gasteiger partial charge is 0.219 e. The summed E-state index contributed by atoms with van der Waals surface area (Å²) in [5.41, 5.74) is 0. The van der Waals surface area contributed by atoms with Crippen molar-refractivity contribution in [2.75, 3.05) is 5.23 Å². The zero-order valence-electron chi connectivity index (χ0n) is 4.90. The van der Waals surface area contributed by atoms with Gasteiger partial charge >= 0.3 is 0 Å². The molecule has 0 radical (unpaired) electrons. The van der Waals surface area contributed by atoms with Gasteiger partial charge in [0.2, 0.25) is 5.82 Å². The van der Waals surface area contributed by atoms with Gasteiger partial charge in [-0.3, -0.25) is 10.4 Å². The first-order valence-corrected chi connectivity index (χ1v) is 2.50. The molecule has 1 aromatic rings. The topological polar surface area (TPSA) is 56.6 Å². The summed E-state index contributed by atoms with van der Waals surface area (Å²) in [5, 5.41) is 16.2. The Kier molecular flexibility index (Phi) is 1.79. The molecular formula is C5H5FN2O2. The van der Waals surface area contributed by atoms with Crippen molar-refractivity contribution in [3.05, 3.63) is 24.1 Å². The SMILES string of the molecule is ON(O)c1ncccc1F. The molecule has 10 heavy (non-hydrogen) atoms. The Morgan fingerprint density at radius 3 is 2.60 bits per heavy atom. The second-order valence-electron chi connectivity index (χ2n) is 1.60. The zero-order valence-corrected chi connectivity index (χ0v) is 4.90. The van der Waals surface area contributed by atoms with E-state index in [2.05, 4.69) is 4.98 Å². The lowest BCUT2D eigenvalue weighted by atomic mass is 10.4. The van der Waals surface area contributed by atoms with Gasteiger partial charge in [0, 0.05) is 6.20 Å². The molecule has 54 valence electrons. The molecule has 0 aliphatic heterocycles. The van der Waals surface area contributed by atoms with Gasteiger partial charge in [0.15, 0.2) is 5.82 Å². The van der Waals surface area contributed by atoms with Crippen molar-refractivity contribution in [2.24, 2.45) is 0 Å². The number of hydrogen-bond donors (Lipinski definition) is 2. The Labute approximate surface area is 56.1 Å². The summed E-state index contributed by atoms with van der Waals surface area (Å²) in [6.07, 6.45) is 1.25. The fourth-order valence-electron chi connectivity index (χ4n) is 0.525. The second kappa shape index (κ2) is 2.59. The Bertz CT molecular complexity index is 229. The highest BCUT2D eigenvalue weighted by Gasteiger charge is 2.05. The van der Waals surface area contributed by atoms with E-state index in [0.29, 0.717) is 0 Å². The number of rotatable bonds is 1. The standard InChI is InChI=1S/C5H5FN2O2/c6-4-2-1-3-7-5(4)8(9)10/h1-3,9-10H. The maximum absolute atomic E-state index is 12.4. The van der Waals surface area contributed by atoms with Crippen molar-refractivity contribution in [1.82, 2.24) is 4.98 Å². The number of nitrogens with zero attached hydrogens (tertiary/aromatic N) is 2. The van der Waals surface area contributed by atoms with Crippen molar-refractivity contribution in [2.45, 2.75) is 0 Å². The summed E-state index contributed by atoms with van der Waals surface area (Å²) in [6.45, 7) is 0. The lowest BCUT2D eigenvalue weighted by molar-refractivity contribution is 0.0247. The molecule has 1 aromatic heterocycles. The molecule has 0 aliphatic rings. The van der Waals surface area contributed by atoms with E-state index in [4.69, 9.17) is 10.4 Å². The monoisotopic (exact) mass is 144 g/mol. The summed E-state index contributed by atoms with van der Waals surface area (Å²) < 4.78 is 12.4. The molecule has 0 aromatic carbocycles. The highest BCUT2D eigenvalue weighted by atomic mass is 19.1. The van der Waals surface area contributed by atoms with Crippen molar-refractivity contribution in [3.63, 3.8) is 0 Å². The molecule has 0 fully saturated rings. The normalized spacial score (nSPS) is 9.50. The molecule has 0 saturated carbocycles. The first-order valence-electron chi connectivity index (χ1n) is 2.50. The van der Waals surface area contributed by atoms with Gasteiger partial charge in [0.25, 0.3) is 0 Å². The Morgan fingerprint density at radius 2 is 2.20 bits per heavy atom. The second-order valence-corrected chi connectivity index (χ2v) is 1.60. The summed E-state index contributed by atoms with van der Waals surface area (Å²) in [5.74, 6) is -1.30. The Hall–Kier alpha value is -1.20. The van der Waals surface area contributed by atoms with Gasteiger partial charge in [-0.2, -0.15) is 0 Å². The highest BCUT2D eigenvalue weighted by molar-refractivity contribution is 5.32. The van der Waals surface area contributed by atoms with Gasteiger partial charge in [-0.25, -0.2) is 9.37 Å². The maximum Gasteiger partial charge on any atom is 0.219 e.